The standard InChI is InChI=1S/C57H80N2O18/c1-12-30(2)49-33(5)21-22-56(76-49)28-41-25-40(75-56)20-19-32(4)48(31(3)15-13-16-37-29-67-52-47(60)34(6)23-42(53(61)70-41)57(37,52)64)73-45-26-43(65-10)50(35(7)68-45)74-46-27-44(66-11)51(36(8)69-46)77-59-55(63)72-39-18-14-17-38(24-39)71-54(62)58-9/h13-19,21-24,30-31,33,35-36,40-52,60,64H,12,20,25-29H2,1-11H3,(H,58,62)(H,59,63)/t30-,31-,33-,35-,36-,40+,41?,42-,43-,44-,45-,46-,47+,48-,49+,50-,51-,52+,56+,57+/m0/s1. The molecule has 4 N–H and O–H groups in total. The molecule has 0 aromatic heterocycles. The lowest BCUT2D eigenvalue weighted by Crippen LogP contribution is -2.58. The van der Waals surface area contributed by atoms with Crippen LogP contribution in [0.5, 0.6) is 11.5 Å². The van der Waals surface area contributed by atoms with Crippen molar-refractivity contribution in [3.05, 3.63) is 83.5 Å². The van der Waals surface area contributed by atoms with E-state index in [1.165, 1.54) is 32.4 Å². The first-order valence-electron chi connectivity index (χ1n) is 27.1. The van der Waals surface area contributed by atoms with E-state index in [0.29, 0.717) is 30.4 Å². The van der Waals surface area contributed by atoms with Crippen LogP contribution in [-0.4, -0.2) is 153 Å². The van der Waals surface area contributed by atoms with Crippen LogP contribution in [0, 0.1) is 23.7 Å². The Morgan fingerprint density at radius 1 is 0.870 bits per heavy atom. The van der Waals surface area contributed by atoms with Gasteiger partial charge in [-0.3, -0.25) is 9.63 Å². The number of rotatable bonds is 12. The lowest BCUT2D eigenvalue weighted by molar-refractivity contribution is -0.323. The molecule has 0 radical (unpaired) electrons. The molecule has 6 aliphatic heterocycles. The smallest absolute Gasteiger partial charge is 0.436 e. The van der Waals surface area contributed by atoms with Crippen molar-refractivity contribution in [2.45, 2.75) is 191 Å². The van der Waals surface area contributed by atoms with E-state index in [1.54, 1.807) is 39.2 Å². The second-order valence-corrected chi connectivity index (χ2v) is 21.7. The number of carbonyl (C=O) groups is 3. The number of amides is 2. The highest BCUT2D eigenvalue weighted by molar-refractivity contribution is 5.78. The van der Waals surface area contributed by atoms with Gasteiger partial charge < -0.3 is 72.4 Å². The Kier molecular flexibility index (Phi) is 19.2. The minimum atomic E-state index is -1.87. The van der Waals surface area contributed by atoms with Gasteiger partial charge in [-0.05, 0) is 75.0 Å². The third-order valence-corrected chi connectivity index (χ3v) is 16.2. The van der Waals surface area contributed by atoms with Gasteiger partial charge >= 0.3 is 18.2 Å². The monoisotopic (exact) mass is 1080 g/mol. The van der Waals surface area contributed by atoms with Crippen LogP contribution in [0.4, 0.5) is 9.59 Å². The van der Waals surface area contributed by atoms with Crippen molar-refractivity contribution >= 4 is 18.2 Å². The van der Waals surface area contributed by atoms with E-state index < -0.39 is 115 Å². The molecule has 1 aromatic rings. The summed E-state index contributed by atoms with van der Waals surface area (Å²) < 4.78 is 75.2. The summed E-state index contributed by atoms with van der Waals surface area (Å²) in [4.78, 5) is 44.6. The number of aliphatic hydroxyl groups is 2. The molecule has 1 aromatic carbocycles. The number of fused-ring (bicyclic) bond motifs is 2. The first-order valence-corrected chi connectivity index (χ1v) is 27.1. The molecular weight excluding hydrogens is 1000 g/mol. The van der Waals surface area contributed by atoms with Gasteiger partial charge in [0.2, 0.25) is 0 Å². The van der Waals surface area contributed by atoms with Crippen LogP contribution < -0.4 is 20.3 Å². The second kappa shape index (κ2) is 25.3. The van der Waals surface area contributed by atoms with Gasteiger partial charge in [0.25, 0.3) is 0 Å². The zero-order valence-electron chi connectivity index (χ0n) is 46.1. The molecule has 4 fully saturated rings. The molecule has 4 saturated heterocycles. The molecule has 1 unspecified atom stereocenters. The average molecular weight is 1080 g/mol. The van der Waals surface area contributed by atoms with Crippen LogP contribution in [0.3, 0.4) is 0 Å². The minimum absolute atomic E-state index is 0.00202. The Morgan fingerprint density at radius 3 is 2.23 bits per heavy atom. The molecule has 20 atom stereocenters. The van der Waals surface area contributed by atoms with Gasteiger partial charge in [-0.15, -0.1) is 0 Å². The highest BCUT2D eigenvalue weighted by Crippen LogP contribution is 2.47. The summed E-state index contributed by atoms with van der Waals surface area (Å²) >= 11 is 0. The molecule has 77 heavy (non-hydrogen) atoms. The molecule has 7 aliphatic rings. The van der Waals surface area contributed by atoms with E-state index >= 15 is 0 Å². The topological polar surface area (TPSA) is 236 Å². The van der Waals surface area contributed by atoms with E-state index in [1.807, 2.05) is 39.0 Å². The summed E-state index contributed by atoms with van der Waals surface area (Å²) in [5.41, 5.74) is 2.32. The van der Waals surface area contributed by atoms with Crippen LogP contribution >= 0.6 is 0 Å². The molecular formula is C57H80N2O18. The van der Waals surface area contributed by atoms with Crippen molar-refractivity contribution < 1.29 is 86.3 Å². The van der Waals surface area contributed by atoms with Crippen molar-refractivity contribution in [3.8, 4) is 11.5 Å². The largest absolute Gasteiger partial charge is 0.462 e. The molecule has 8 rings (SSSR count). The predicted molar refractivity (Wildman–Crippen MR) is 277 cm³/mol. The number of hydrogen-bond acceptors (Lipinski definition) is 18. The van der Waals surface area contributed by atoms with Gasteiger partial charge in [0, 0.05) is 64.9 Å². The Morgan fingerprint density at radius 2 is 1.55 bits per heavy atom. The first kappa shape index (κ1) is 58.6. The Hall–Kier alpha value is -4.55. The van der Waals surface area contributed by atoms with Crippen molar-refractivity contribution in [3.63, 3.8) is 0 Å². The van der Waals surface area contributed by atoms with Gasteiger partial charge in [0.15, 0.2) is 18.4 Å². The van der Waals surface area contributed by atoms with Crippen molar-refractivity contribution in [1.29, 1.82) is 0 Å². The highest BCUT2D eigenvalue weighted by Gasteiger charge is 2.60. The number of carbonyl (C=O) groups excluding carboxylic acids is 3. The molecule has 1 spiro atoms. The van der Waals surface area contributed by atoms with Crippen LogP contribution in [0.15, 0.2) is 83.5 Å². The van der Waals surface area contributed by atoms with E-state index in [2.05, 4.69) is 43.7 Å². The normalized spacial score (nSPS) is 39.8. The molecule has 426 valence electrons. The number of nitrogens with one attached hydrogen (secondary N) is 2. The lowest BCUT2D eigenvalue weighted by Gasteiger charge is -2.48. The lowest BCUT2D eigenvalue weighted by atomic mass is 9.71. The fraction of sp³-hybridized carbons (Fsp3) is 0.667. The molecule has 20 nitrogen and oxygen atoms in total. The fourth-order valence-electron chi connectivity index (χ4n) is 11.7. The van der Waals surface area contributed by atoms with Gasteiger partial charge in [-0.25, -0.2) is 9.59 Å². The number of hydrogen-bond donors (Lipinski definition) is 4. The third kappa shape index (κ3) is 13.2. The molecule has 20 heteroatoms. The number of aliphatic hydroxyl groups excluding tert-OH is 1. The number of allylic oxidation sites excluding steroid dienone is 2. The van der Waals surface area contributed by atoms with Crippen molar-refractivity contribution in [2.75, 3.05) is 27.9 Å². The number of hydroxylamine groups is 1. The SMILES string of the molecule is CC[C@H](C)[C@H]1O[C@]2(C=C[C@@H]1C)CC1C[C@@H](CC=C(C)[C@@H](O[C@H]3C[C@H](OC)[C@@H](O[C@H]4C[C@H](OC)[C@@H](ONC(=O)Oc5cccc(OC(=O)NC)c5)[C@H](C)O4)[C@H](C)O3)[C@@H](C)C=CC=C3CO[C@@H]4[C@H](O)C(C)=C[C@@H](C(=O)O1)[C@]34O)O2. The zero-order valence-corrected chi connectivity index (χ0v) is 46.1. The Bertz CT molecular complexity index is 2390. The van der Waals surface area contributed by atoms with Crippen LogP contribution in [0.25, 0.3) is 0 Å². The fourth-order valence-corrected chi connectivity index (χ4v) is 11.7. The van der Waals surface area contributed by atoms with Gasteiger partial charge in [0.1, 0.15) is 53.5 Å². The van der Waals surface area contributed by atoms with Crippen LogP contribution in [0.1, 0.15) is 93.9 Å². The van der Waals surface area contributed by atoms with E-state index in [0.717, 1.165) is 12.0 Å². The average Bonchev–Trinajstić information content (AvgIpc) is 3.83. The Balaban J connectivity index is 0.969. The molecule has 1 aliphatic carbocycles. The third-order valence-electron chi connectivity index (χ3n) is 16.2. The van der Waals surface area contributed by atoms with E-state index in [-0.39, 0.29) is 54.8 Å². The predicted octanol–water partition coefficient (Wildman–Crippen LogP) is 6.82. The summed E-state index contributed by atoms with van der Waals surface area (Å²) in [6.45, 7) is 15.9. The van der Waals surface area contributed by atoms with Crippen molar-refractivity contribution in [1.82, 2.24) is 10.8 Å². The maximum atomic E-state index is 14.4. The first-order chi connectivity index (χ1) is 36.8. The van der Waals surface area contributed by atoms with E-state index in [4.69, 9.17) is 61.7 Å². The van der Waals surface area contributed by atoms with Gasteiger partial charge in [0.05, 0.1) is 49.3 Å². The quantitative estimate of drug-likeness (QED) is 0.0954. The number of esters is 1. The zero-order chi connectivity index (χ0) is 55.3. The van der Waals surface area contributed by atoms with E-state index in [9.17, 15) is 24.6 Å². The molecule has 6 heterocycles. The summed E-state index contributed by atoms with van der Waals surface area (Å²) in [6, 6.07) is 6.01. The molecule has 2 amide bonds. The minimum Gasteiger partial charge on any atom is -0.462 e. The summed E-state index contributed by atoms with van der Waals surface area (Å²) in [6.07, 6.45) is 5.47. The number of benzene rings is 1. The van der Waals surface area contributed by atoms with Crippen LogP contribution in [-0.2, 0) is 57.0 Å². The maximum Gasteiger partial charge on any atom is 0.436 e. The molecule has 2 bridgehead atoms. The van der Waals surface area contributed by atoms with Crippen molar-refractivity contribution in [2.24, 2.45) is 23.7 Å². The van der Waals surface area contributed by atoms with Gasteiger partial charge in [-0.1, -0.05) is 76.6 Å². The van der Waals surface area contributed by atoms with Crippen LogP contribution in [0.2, 0.25) is 0 Å². The maximum absolute atomic E-state index is 14.4. The summed E-state index contributed by atoms with van der Waals surface area (Å²) in [5, 5.41) is 26.2. The summed E-state index contributed by atoms with van der Waals surface area (Å²) in [5.74, 6) is -2.47. The Labute approximate surface area is 451 Å². The number of methoxy groups -OCH3 is 2. The molecule has 0 saturated carbocycles. The second-order valence-electron chi connectivity index (χ2n) is 21.7. The number of ether oxygens (including phenoxy) is 12. The van der Waals surface area contributed by atoms with Gasteiger partial charge in [-0.2, -0.15) is 5.48 Å². The highest BCUT2D eigenvalue weighted by atomic mass is 16.8. The summed E-state index contributed by atoms with van der Waals surface area (Å²) in [7, 11) is 4.58.